The maximum atomic E-state index is 12.6. The molecular formula is C16H21ClN4O3. The molecule has 2 rings (SSSR count). The van der Waals surface area contributed by atoms with Crippen LogP contribution in [0.1, 0.15) is 12.0 Å². The van der Waals surface area contributed by atoms with Crippen LogP contribution in [0.25, 0.3) is 0 Å². The highest BCUT2D eigenvalue weighted by atomic mass is 35.5. The van der Waals surface area contributed by atoms with E-state index in [1.807, 2.05) is 12.1 Å². The summed E-state index contributed by atoms with van der Waals surface area (Å²) in [5, 5.41) is 15.6. The van der Waals surface area contributed by atoms with Crippen LogP contribution in [0.3, 0.4) is 0 Å². The number of anilines is 2. The van der Waals surface area contributed by atoms with Crippen LogP contribution < -0.4 is 21.9 Å². The summed E-state index contributed by atoms with van der Waals surface area (Å²) in [6.07, 6.45) is 0.338. The van der Waals surface area contributed by atoms with Crippen LogP contribution in [0.15, 0.2) is 33.9 Å². The molecule has 0 aliphatic heterocycles. The lowest BCUT2D eigenvalue weighted by molar-refractivity contribution is 0.277. The summed E-state index contributed by atoms with van der Waals surface area (Å²) in [5.41, 5.74) is 0.434. The summed E-state index contributed by atoms with van der Waals surface area (Å²) in [5.74, 6) is 0.416. The fraction of sp³-hybridized carbons (Fsp3) is 0.375. The first-order valence-electron chi connectivity index (χ1n) is 7.60. The monoisotopic (exact) mass is 352 g/mol. The van der Waals surface area contributed by atoms with Crippen molar-refractivity contribution in [3.63, 3.8) is 0 Å². The summed E-state index contributed by atoms with van der Waals surface area (Å²) < 4.78 is 2.50. The fourth-order valence-corrected chi connectivity index (χ4v) is 2.56. The van der Waals surface area contributed by atoms with Crippen molar-refractivity contribution in [3.05, 3.63) is 55.7 Å². The minimum atomic E-state index is -0.421. The summed E-state index contributed by atoms with van der Waals surface area (Å²) in [6.45, 7) is 0.498. The Bertz CT molecular complexity index is 812. The first kappa shape index (κ1) is 18.1. The number of aromatic nitrogens is 2. The number of nitrogens with zero attached hydrogens (tertiary/aromatic N) is 2. The fourth-order valence-electron chi connectivity index (χ4n) is 2.44. The average Bonchev–Trinajstić information content (AvgIpc) is 2.58. The lowest BCUT2D eigenvalue weighted by atomic mass is 10.2. The zero-order valence-corrected chi connectivity index (χ0v) is 14.4. The van der Waals surface area contributed by atoms with Gasteiger partial charge in [-0.1, -0.05) is 23.7 Å². The molecular weight excluding hydrogens is 332 g/mol. The van der Waals surface area contributed by atoms with Crippen LogP contribution in [0.2, 0.25) is 5.02 Å². The van der Waals surface area contributed by atoms with E-state index >= 15 is 0 Å². The van der Waals surface area contributed by atoms with Gasteiger partial charge in [-0.2, -0.15) is 0 Å². The predicted molar refractivity (Wildman–Crippen MR) is 96.0 cm³/mol. The molecule has 2 aromatic rings. The van der Waals surface area contributed by atoms with Gasteiger partial charge in [0.25, 0.3) is 5.56 Å². The first-order chi connectivity index (χ1) is 11.5. The number of rotatable bonds is 7. The molecule has 0 saturated heterocycles. The molecule has 1 aromatic carbocycles. The molecule has 1 heterocycles. The molecule has 0 aliphatic rings. The third kappa shape index (κ3) is 3.80. The lowest BCUT2D eigenvalue weighted by Gasteiger charge is -2.17. The van der Waals surface area contributed by atoms with E-state index < -0.39 is 11.2 Å². The average molecular weight is 353 g/mol. The second-order valence-electron chi connectivity index (χ2n) is 5.33. The van der Waals surface area contributed by atoms with Crippen LogP contribution in [-0.2, 0) is 20.1 Å². The minimum Gasteiger partial charge on any atom is -0.396 e. The molecule has 0 radical (unpaired) electrons. The van der Waals surface area contributed by atoms with Crippen LogP contribution in [0, 0.1) is 0 Å². The van der Waals surface area contributed by atoms with Gasteiger partial charge in [0.1, 0.15) is 11.5 Å². The topological polar surface area (TPSA) is 88.3 Å². The molecule has 0 bridgehead atoms. The Labute approximate surface area is 144 Å². The molecule has 0 unspecified atom stereocenters. The molecule has 0 amide bonds. The summed E-state index contributed by atoms with van der Waals surface area (Å²) >= 11 is 5.87. The maximum Gasteiger partial charge on any atom is 0.332 e. The van der Waals surface area contributed by atoms with E-state index in [0.717, 1.165) is 10.1 Å². The smallest absolute Gasteiger partial charge is 0.332 e. The standard InChI is InChI=1S/C16H21ClN4O3/c1-18-14-13(19-10-11-4-6-12(17)7-5-11)15(23)21(8-3-9-22)16(24)20(14)2/h4-7,18-19,22H,3,8-10H2,1-2H3. The van der Waals surface area contributed by atoms with Gasteiger partial charge in [0.2, 0.25) is 0 Å². The molecule has 0 atom stereocenters. The number of benzene rings is 1. The van der Waals surface area contributed by atoms with Crippen molar-refractivity contribution in [1.82, 2.24) is 9.13 Å². The highest BCUT2D eigenvalue weighted by Gasteiger charge is 2.16. The molecule has 24 heavy (non-hydrogen) atoms. The SMILES string of the molecule is CNc1c(NCc2ccc(Cl)cc2)c(=O)n(CCCO)c(=O)n1C. The maximum absolute atomic E-state index is 12.6. The van der Waals surface area contributed by atoms with E-state index in [9.17, 15) is 9.59 Å². The van der Waals surface area contributed by atoms with Gasteiger partial charge in [-0.25, -0.2) is 4.79 Å². The van der Waals surface area contributed by atoms with E-state index in [0.29, 0.717) is 29.5 Å². The van der Waals surface area contributed by atoms with Gasteiger partial charge in [0, 0.05) is 38.8 Å². The van der Waals surface area contributed by atoms with Crippen LogP contribution in [0.5, 0.6) is 0 Å². The number of nitrogens with one attached hydrogen (secondary N) is 2. The largest absolute Gasteiger partial charge is 0.396 e. The van der Waals surface area contributed by atoms with E-state index in [4.69, 9.17) is 16.7 Å². The molecule has 7 nitrogen and oxygen atoms in total. The number of hydrogen-bond donors (Lipinski definition) is 3. The van der Waals surface area contributed by atoms with Crippen molar-refractivity contribution in [2.75, 3.05) is 24.3 Å². The van der Waals surface area contributed by atoms with Crippen LogP contribution in [0.4, 0.5) is 11.5 Å². The molecule has 3 N–H and O–H groups in total. The lowest BCUT2D eigenvalue weighted by Crippen LogP contribution is -2.41. The molecule has 1 aromatic heterocycles. The summed E-state index contributed by atoms with van der Waals surface area (Å²) in [4.78, 5) is 24.9. The number of aliphatic hydroxyl groups excluding tert-OH is 1. The van der Waals surface area contributed by atoms with Gasteiger partial charge in [0.15, 0.2) is 0 Å². The van der Waals surface area contributed by atoms with Gasteiger partial charge in [-0.15, -0.1) is 0 Å². The number of halogens is 1. The third-order valence-electron chi connectivity index (χ3n) is 3.71. The first-order valence-corrected chi connectivity index (χ1v) is 7.98. The van der Waals surface area contributed by atoms with Gasteiger partial charge in [-0.05, 0) is 24.1 Å². The minimum absolute atomic E-state index is 0.0864. The van der Waals surface area contributed by atoms with Crippen molar-refractivity contribution in [2.24, 2.45) is 7.05 Å². The Hall–Kier alpha value is -2.25. The Kier molecular flexibility index (Phi) is 6.05. The predicted octanol–water partition coefficient (Wildman–Crippen LogP) is 1.24. The highest BCUT2D eigenvalue weighted by Crippen LogP contribution is 2.16. The zero-order chi connectivity index (χ0) is 17.7. The third-order valence-corrected chi connectivity index (χ3v) is 3.96. The zero-order valence-electron chi connectivity index (χ0n) is 13.7. The quantitative estimate of drug-likeness (QED) is 0.697. The Morgan fingerprint density at radius 2 is 1.88 bits per heavy atom. The van der Waals surface area contributed by atoms with E-state index in [1.165, 1.54) is 4.57 Å². The van der Waals surface area contributed by atoms with E-state index in [2.05, 4.69) is 10.6 Å². The molecule has 8 heteroatoms. The Morgan fingerprint density at radius 3 is 2.46 bits per heavy atom. The second kappa shape index (κ2) is 8.03. The molecule has 0 fully saturated rings. The Morgan fingerprint density at radius 1 is 1.21 bits per heavy atom. The van der Waals surface area contributed by atoms with Crippen molar-refractivity contribution < 1.29 is 5.11 Å². The van der Waals surface area contributed by atoms with E-state index in [-0.39, 0.29) is 13.2 Å². The van der Waals surface area contributed by atoms with E-state index in [1.54, 1.807) is 26.2 Å². The van der Waals surface area contributed by atoms with Crippen LogP contribution in [-0.4, -0.2) is 27.9 Å². The second-order valence-corrected chi connectivity index (χ2v) is 5.77. The van der Waals surface area contributed by atoms with Crippen molar-refractivity contribution in [2.45, 2.75) is 19.5 Å². The molecule has 0 spiro atoms. The molecule has 130 valence electrons. The van der Waals surface area contributed by atoms with Gasteiger partial charge < -0.3 is 15.7 Å². The summed E-state index contributed by atoms with van der Waals surface area (Å²) in [6, 6.07) is 7.27. The van der Waals surface area contributed by atoms with Crippen molar-refractivity contribution in [3.8, 4) is 0 Å². The van der Waals surface area contributed by atoms with Crippen molar-refractivity contribution >= 4 is 23.1 Å². The normalized spacial score (nSPS) is 10.7. The number of aliphatic hydroxyl groups is 1. The molecule has 0 saturated carbocycles. The van der Waals surface area contributed by atoms with Crippen LogP contribution >= 0.6 is 11.6 Å². The van der Waals surface area contributed by atoms with Crippen molar-refractivity contribution in [1.29, 1.82) is 0 Å². The Balaban J connectivity index is 2.39. The molecule has 0 aliphatic carbocycles. The highest BCUT2D eigenvalue weighted by molar-refractivity contribution is 6.30. The summed E-state index contributed by atoms with van der Waals surface area (Å²) in [7, 11) is 3.25. The number of hydrogen-bond acceptors (Lipinski definition) is 5. The van der Waals surface area contributed by atoms with Gasteiger partial charge in [-0.3, -0.25) is 13.9 Å². The van der Waals surface area contributed by atoms with Gasteiger partial charge in [0.05, 0.1) is 0 Å². The van der Waals surface area contributed by atoms with Gasteiger partial charge >= 0.3 is 5.69 Å².